The maximum atomic E-state index is 11.7. The highest BCUT2D eigenvalue weighted by Crippen LogP contribution is 2.11. The first-order valence-electron chi connectivity index (χ1n) is 6.43. The molecule has 1 heterocycles. The fourth-order valence-corrected chi connectivity index (χ4v) is 2.46. The third kappa shape index (κ3) is 4.41. The van der Waals surface area contributed by atoms with Crippen LogP contribution in [0.5, 0.6) is 0 Å². The summed E-state index contributed by atoms with van der Waals surface area (Å²) in [6.07, 6.45) is 2.21. The standard InChI is InChI=1S/C15H18N2OS/c1-2-3-12-4-6-14(7-5-12)17-15(18)16-10-13-8-9-19-11-13/h4-9,11H,2-3,10H2,1H3,(H2,16,17,18). The number of carbonyl (C=O) groups excluding carboxylic acids is 1. The third-order valence-electron chi connectivity index (χ3n) is 2.78. The first-order valence-corrected chi connectivity index (χ1v) is 7.37. The van der Waals surface area contributed by atoms with Crippen molar-refractivity contribution >= 4 is 23.1 Å². The molecule has 0 unspecified atom stereocenters. The summed E-state index contributed by atoms with van der Waals surface area (Å²) < 4.78 is 0. The lowest BCUT2D eigenvalue weighted by molar-refractivity contribution is 0.252. The van der Waals surface area contributed by atoms with Gasteiger partial charge in [0.05, 0.1) is 0 Å². The van der Waals surface area contributed by atoms with Crippen molar-refractivity contribution in [1.29, 1.82) is 0 Å². The van der Waals surface area contributed by atoms with Crippen molar-refractivity contribution in [3.63, 3.8) is 0 Å². The zero-order chi connectivity index (χ0) is 13.5. The van der Waals surface area contributed by atoms with E-state index in [1.165, 1.54) is 5.56 Å². The van der Waals surface area contributed by atoms with Crippen molar-refractivity contribution in [2.24, 2.45) is 0 Å². The van der Waals surface area contributed by atoms with Crippen LogP contribution in [-0.4, -0.2) is 6.03 Å². The van der Waals surface area contributed by atoms with E-state index in [1.54, 1.807) is 11.3 Å². The average molecular weight is 274 g/mol. The summed E-state index contributed by atoms with van der Waals surface area (Å²) in [7, 11) is 0. The van der Waals surface area contributed by atoms with Crippen LogP contribution in [0.1, 0.15) is 24.5 Å². The molecular formula is C15H18N2OS. The quantitative estimate of drug-likeness (QED) is 0.849. The van der Waals surface area contributed by atoms with Crippen molar-refractivity contribution in [2.45, 2.75) is 26.3 Å². The Balaban J connectivity index is 1.81. The second-order valence-electron chi connectivity index (χ2n) is 4.39. The molecule has 3 nitrogen and oxygen atoms in total. The van der Waals surface area contributed by atoms with Crippen molar-refractivity contribution in [3.8, 4) is 0 Å². The summed E-state index contributed by atoms with van der Waals surface area (Å²) in [5.41, 5.74) is 3.24. The van der Waals surface area contributed by atoms with Gasteiger partial charge in [0.25, 0.3) is 0 Å². The van der Waals surface area contributed by atoms with Gasteiger partial charge in [-0.1, -0.05) is 25.5 Å². The molecule has 0 atom stereocenters. The van der Waals surface area contributed by atoms with Crippen LogP contribution in [0.15, 0.2) is 41.1 Å². The number of nitrogens with one attached hydrogen (secondary N) is 2. The lowest BCUT2D eigenvalue weighted by atomic mass is 10.1. The number of amides is 2. The van der Waals surface area contributed by atoms with E-state index in [1.807, 2.05) is 29.0 Å². The predicted octanol–water partition coefficient (Wildman–Crippen LogP) is 4.02. The first kappa shape index (κ1) is 13.6. The molecule has 0 aliphatic rings. The van der Waals surface area contributed by atoms with Crippen molar-refractivity contribution in [1.82, 2.24) is 5.32 Å². The molecular weight excluding hydrogens is 256 g/mol. The van der Waals surface area contributed by atoms with Gasteiger partial charge in [0.15, 0.2) is 0 Å². The summed E-state index contributed by atoms with van der Waals surface area (Å²) in [6.45, 7) is 2.72. The average Bonchev–Trinajstić information content (AvgIpc) is 2.92. The van der Waals surface area contributed by atoms with Gasteiger partial charge >= 0.3 is 6.03 Å². The summed E-state index contributed by atoms with van der Waals surface area (Å²) in [5, 5.41) is 9.69. The molecule has 0 spiro atoms. The van der Waals surface area contributed by atoms with E-state index >= 15 is 0 Å². The van der Waals surface area contributed by atoms with Crippen LogP contribution in [0.25, 0.3) is 0 Å². The predicted molar refractivity (Wildman–Crippen MR) is 80.6 cm³/mol. The molecule has 1 aromatic heterocycles. The summed E-state index contributed by atoms with van der Waals surface area (Å²) >= 11 is 1.63. The minimum Gasteiger partial charge on any atom is -0.334 e. The molecule has 0 saturated heterocycles. The summed E-state index contributed by atoms with van der Waals surface area (Å²) in [6, 6.07) is 9.82. The molecule has 0 aliphatic carbocycles. The number of thiophene rings is 1. The molecule has 1 aromatic carbocycles. The second kappa shape index (κ2) is 6.95. The van der Waals surface area contributed by atoms with Crippen molar-refractivity contribution < 1.29 is 4.79 Å². The van der Waals surface area contributed by atoms with Gasteiger partial charge in [0.1, 0.15) is 0 Å². The van der Waals surface area contributed by atoms with E-state index in [-0.39, 0.29) is 6.03 Å². The Morgan fingerprint density at radius 3 is 2.58 bits per heavy atom. The Hall–Kier alpha value is -1.81. The van der Waals surface area contributed by atoms with E-state index in [0.717, 1.165) is 24.1 Å². The van der Waals surface area contributed by atoms with E-state index < -0.39 is 0 Å². The number of hydrogen-bond acceptors (Lipinski definition) is 2. The molecule has 0 fully saturated rings. The number of benzene rings is 1. The number of urea groups is 1. The third-order valence-corrected chi connectivity index (χ3v) is 3.52. The lowest BCUT2D eigenvalue weighted by Crippen LogP contribution is -2.27. The molecule has 0 aliphatic heterocycles. The molecule has 0 radical (unpaired) electrons. The van der Waals surface area contributed by atoms with Gasteiger partial charge in [0.2, 0.25) is 0 Å². The number of hydrogen-bond donors (Lipinski definition) is 2. The molecule has 2 N–H and O–H groups in total. The van der Waals surface area contributed by atoms with Crippen molar-refractivity contribution in [2.75, 3.05) is 5.32 Å². The van der Waals surface area contributed by atoms with E-state index in [9.17, 15) is 4.79 Å². The Bertz CT molecular complexity index is 505. The largest absolute Gasteiger partial charge is 0.334 e. The van der Waals surface area contributed by atoms with E-state index in [0.29, 0.717) is 6.54 Å². The first-order chi connectivity index (χ1) is 9.28. The van der Waals surface area contributed by atoms with Crippen LogP contribution in [0.4, 0.5) is 10.5 Å². The van der Waals surface area contributed by atoms with Crippen LogP contribution in [0, 0.1) is 0 Å². The van der Waals surface area contributed by atoms with Gasteiger partial charge < -0.3 is 10.6 Å². The normalized spacial score (nSPS) is 10.2. The van der Waals surface area contributed by atoms with Crippen molar-refractivity contribution in [3.05, 3.63) is 52.2 Å². The maximum Gasteiger partial charge on any atom is 0.319 e. The fraction of sp³-hybridized carbons (Fsp3) is 0.267. The molecule has 0 saturated carbocycles. The highest BCUT2D eigenvalue weighted by molar-refractivity contribution is 7.07. The highest BCUT2D eigenvalue weighted by atomic mass is 32.1. The molecule has 2 aromatic rings. The minimum absolute atomic E-state index is 0.172. The SMILES string of the molecule is CCCc1ccc(NC(=O)NCc2ccsc2)cc1. The van der Waals surface area contributed by atoms with Gasteiger partial charge in [0, 0.05) is 12.2 Å². The highest BCUT2D eigenvalue weighted by Gasteiger charge is 2.02. The van der Waals surface area contributed by atoms with Gasteiger partial charge in [-0.15, -0.1) is 0 Å². The molecule has 2 amide bonds. The van der Waals surface area contributed by atoms with Gasteiger partial charge in [-0.25, -0.2) is 4.79 Å². The summed E-state index contributed by atoms with van der Waals surface area (Å²) in [4.78, 5) is 11.7. The van der Waals surface area contributed by atoms with Gasteiger partial charge in [-0.3, -0.25) is 0 Å². The Kier molecular flexibility index (Phi) is 4.98. The number of rotatable bonds is 5. The smallest absolute Gasteiger partial charge is 0.319 e. The van der Waals surface area contributed by atoms with Crippen LogP contribution in [0.3, 0.4) is 0 Å². The maximum absolute atomic E-state index is 11.7. The molecule has 0 bridgehead atoms. The number of aryl methyl sites for hydroxylation is 1. The van der Waals surface area contributed by atoms with Gasteiger partial charge in [-0.05, 0) is 46.5 Å². The number of carbonyl (C=O) groups is 1. The van der Waals surface area contributed by atoms with E-state index in [2.05, 4.69) is 29.7 Å². The fourth-order valence-electron chi connectivity index (χ4n) is 1.79. The number of anilines is 1. The van der Waals surface area contributed by atoms with E-state index in [4.69, 9.17) is 0 Å². The molecule has 100 valence electrons. The Morgan fingerprint density at radius 2 is 1.95 bits per heavy atom. The monoisotopic (exact) mass is 274 g/mol. The summed E-state index contributed by atoms with van der Waals surface area (Å²) in [5.74, 6) is 0. The van der Waals surface area contributed by atoms with Gasteiger partial charge in [-0.2, -0.15) is 11.3 Å². The lowest BCUT2D eigenvalue weighted by Gasteiger charge is -2.07. The molecule has 2 rings (SSSR count). The van der Waals surface area contributed by atoms with Crippen LogP contribution in [-0.2, 0) is 13.0 Å². The zero-order valence-electron chi connectivity index (χ0n) is 11.0. The Morgan fingerprint density at radius 1 is 1.16 bits per heavy atom. The van der Waals surface area contributed by atoms with Crippen LogP contribution < -0.4 is 10.6 Å². The zero-order valence-corrected chi connectivity index (χ0v) is 11.8. The Labute approximate surface area is 117 Å². The minimum atomic E-state index is -0.172. The second-order valence-corrected chi connectivity index (χ2v) is 5.17. The molecule has 4 heteroatoms. The van der Waals surface area contributed by atoms with Crippen LogP contribution in [0.2, 0.25) is 0 Å². The molecule has 19 heavy (non-hydrogen) atoms. The topological polar surface area (TPSA) is 41.1 Å². The van der Waals surface area contributed by atoms with Crippen LogP contribution >= 0.6 is 11.3 Å².